The fourth-order valence-electron chi connectivity index (χ4n) is 1.70. The van der Waals surface area contributed by atoms with Gasteiger partial charge in [-0.2, -0.15) is 0 Å². The van der Waals surface area contributed by atoms with Crippen LogP contribution in [0.15, 0.2) is 18.2 Å². The number of benzene rings is 1. The quantitative estimate of drug-likeness (QED) is 0.515. The van der Waals surface area contributed by atoms with E-state index in [9.17, 15) is 4.79 Å². The number of carbonyl (C=O) groups is 1. The lowest BCUT2D eigenvalue weighted by molar-refractivity contribution is 0.100. The molecule has 1 amide bonds. The first-order chi connectivity index (χ1) is 8.91. The lowest BCUT2D eigenvalue weighted by Gasteiger charge is -2.20. The standard InChI is InChI=1S/C14H24N4O/c1-10(2)18(3)8-4-7-17-11-5-6-13(15)12(9-11)14(16)19/h5-6,9-10,17H,4,7-8,15H2,1-3H3,(H2,16,19). The third kappa shape index (κ3) is 4.79. The first-order valence-electron chi connectivity index (χ1n) is 6.55. The molecule has 0 bridgehead atoms. The van der Waals surface area contributed by atoms with Crippen molar-refractivity contribution in [1.82, 2.24) is 4.90 Å². The predicted molar refractivity (Wildman–Crippen MR) is 80.2 cm³/mol. The Bertz CT molecular complexity index is 431. The summed E-state index contributed by atoms with van der Waals surface area (Å²) in [6.45, 7) is 6.22. The maximum atomic E-state index is 11.2. The summed E-state index contributed by atoms with van der Waals surface area (Å²) in [7, 11) is 2.11. The molecule has 5 nitrogen and oxygen atoms in total. The number of hydrogen-bond donors (Lipinski definition) is 3. The number of carbonyl (C=O) groups excluding carboxylic acids is 1. The number of rotatable bonds is 7. The molecule has 0 aliphatic carbocycles. The predicted octanol–water partition coefficient (Wildman–Crippen LogP) is 1.51. The Kier molecular flexibility index (Phi) is 5.63. The monoisotopic (exact) mass is 264 g/mol. The average molecular weight is 264 g/mol. The number of nitrogens with two attached hydrogens (primary N) is 2. The highest BCUT2D eigenvalue weighted by Crippen LogP contribution is 2.17. The first kappa shape index (κ1) is 15.3. The Hall–Kier alpha value is -1.75. The van der Waals surface area contributed by atoms with Gasteiger partial charge in [0.15, 0.2) is 0 Å². The Morgan fingerprint density at radius 2 is 2.11 bits per heavy atom. The molecule has 0 radical (unpaired) electrons. The lowest BCUT2D eigenvalue weighted by atomic mass is 10.1. The molecule has 0 aliphatic rings. The molecule has 0 unspecified atom stereocenters. The van der Waals surface area contributed by atoms with Gasteiger partial charge in [0.25, 0.3) is 5.91 Å². The Labute approximate surface area is 115 Å². The van der Waals surface area contributed by atoms with Crippen molar-refractivity contribution in [2.75, 3.05) is 31.2 Å². The van der Waals surface area contributed by atoms with E-state index in [1.165, 1.54) is 0 Å². The van der Waals surface area contributed by atoms with Crippen LogP contribution in [0.3, 0.4) is 0 Å². The van der Waals surface area contributed by atoms with E-state index < -0.39 is 5.91 Å². The third-order valence-electron chi connectivity index (χ3n) is 3.22. The normalized spacial score (nSPS) is 11.0. The maximum absolute atomic E-state index is 11.2. The molecule has 1 aromatic rings. The van der Waals surface area contributed by atoms with Crippen LogP contribution < -0.4 is 16.8 Å². The van der Waals surface area contributed by atoms with E-state index in [4.69, 9.17) is 11.5 Å². The Morgan fingerprint density at radius 3 is 2.68 bits per heavy atom. The third-order valence-corrected chi connectivity index (χ3v) is 3.22. The van der Waals surface area contributed by atoms with Crippen molar-refractivity contribution in [3.8, 4) is 0 Å². The molecular weight excluding hydrogens is 240 g/mol. The number of nitrogen functional groups attached to an aromatic ring is 1. The van der Waals surface area contributed by atoms with Crippen LogP contribution >= 0.6 is 0 Å². The summed E-state index contributed by atoms with van der Waals surface area (Å²) < 4.78 is 0. The summed E-state index contributed by atoms with van der Waals surface area (Å²) in [6, 6.07) is 5.80. The van der Waals surface area contributed by atoms with E-state index in [1.54, 1.807) is 12.1 Å². The minimum atomic E-state index is -0.499. The molecule has 19 heavy (non-hydrogen) atoms. The zero-order chi connectivity index (χ0) is 14.4. The summed E-state index contributed by atoms with van der Waals surface area (Å²) >= 11 is 0. The van der Waals surface area contributed by atoms with Crippen LogP contribution in [0.5, 0.6) is 0 Å². The summed E-state index contributed by atoms with van der Waals surface area (Å²) in [5, 5.41) is 3.27. The van der Waals surface area contributed by atoms with E-state index in [1.807, 2.05) is 6.07 Å². The van der Waals surface area contributed by atoms with E-state index in [-0.39, 0.29) is 0 Å². The highest BCUT2D eigenvalue weighted by atomic mass is 16.1. The molecule has 0 aliphatic heterocycles. The Morgan fingerprint density at radius 1 is 1.42 bits per heavy atom. The lowest BCUT2D eigenvalue weighted by Crippen LogP contribution is -2.28. The van der Waals surface area contributed by atoms with E-state index >= 15 is 0 Å². The van der Waals surface area contributed by atoms with E-state index in [2.05, 4.69) is 31.1 Å². The topological polar surface area (TPSA) is 84.4 Å². The van der Waals surface area contributed by atoms with Gasteiger partial charge in [-0.15, -0.1) is 0 Å². The second-order valence-corrected chi connectivity index (χ2v) is 5.02. The number of amides is 1. The highest BCUT2D eigenvalue weighted by molar-refractivity contribution is 5.98. The van der Waals surface area contributed by atoms with Gasteiger partial charge in [-0.05, 0) is 52.1 Å². The van der Waals surface area contributed by atoms with Crippen LogP contribution in [0.1, 0.15) is 30.6 Å². The van der Waals surface area contributed by atoms with Gasteiger partial charge in [-0.1, -0.05) is 0 Å². The van der Waals surface area contributed by atoms with Gasteiger partial charge >= 0.3 is 0 Å². The van der Waals surface area contributed by atoms with Gasteiger partial charge in [0, 0.05) is 24.0 Å². The van der Waals surface area contributed by atoms with Crippen molar-refractivity contribution in [3.05, 3.63) is 23.8 Å². The second kappa shape index (κ2) is 6.99. The zero-order valence-corrected chi connectivity index (χ0v) is 11.9. The fourth-order valence-corrected chi connectivity index (χ4v) is 1.70. The van der Waals surface area contributed by atoms with Crippen molar-refractivity contribution in [1.29, 1.82) is 0 Å². The highest BCUT2D eigenvalue weighted by Gasteiger charge is 2.06. The molecule has 0 spiro atoms. The van der Waals surface area contributed by atoms with Crippen molar-refractivity contribution < 1.29 is 4.79 Å². The van der Waals surface area contributed by atoms with Gasteiger partial charge in [-0.25, -0.2) is 0 Å². The summed E-state index contributed by atoms with van der Waals surface area (Å²) in [5.74, 6) is -0.499. The van der Waals surface area contributed by atoms with Gasteiger partial charge in [0.05, 0.1) is 5.56 Å². The summed E-state index contributed by atoms with van der Waals surface area (Å²) in [5.41, 5.74) is 12.6. The number of anilines is 2. The molecular formula is C14H24N4O. The van der Waals surface area contributed by atoms with Gasteiger partial charge in [0.1, 0.15) is 0 Å². The Balaban J connectivity index is 2.46. The molecule has 0 atom stereocenters. The van der Waals surface area contributed by atoms with Crippen molar-refractivity contribution in [3.63, 3.8) is 0 Å². The largest absolute Gasteiger partial charge is 0.398 e. The summed E-state index contributed by atoms with van der Waals surface area (Å²) in [4.78, 5) is 13.5. The van der Waals surface area contributed by atoms with Crippen LogP contribution in [-0.4, -0.2) is 37.0 Å². The van der Waals surface area contributed by atoms with Gasteiger partial charge in [0.2, 0.25) is 0 Å². The molecule has 5 heteroatoms. The number of primary amides is 1. The molecule has 106 valence electrons. The smallest absolute Gasteiger partial charge is 0.250 e. The molecule has 5 N–H and O–H groups in total. The van der Waals surface area contributed by atoms with Crippen LogP contribution in [0.4, 0.5) is 11.4 Å². The molecule has 1 aromatic carbocycles. The molecule has 0 fully saturated rings. The van der Waals surface area contributed by atoms with E-state index in [0.717, 1.165) is 25.2 Å². The van der Waals surface area contributed by atoms with Crippen LogP contribution in [0, 0.1) is 0 Å². The number of nitrogens with zero attached hydrogens (tertiary/aromatic N) is 1. The van der Waals surface area contributed by atoms with Crippen molar-refractivity contribution in [2.45, 2.75) is 26.3 Å². The van der Waals surface area contributed by atoms with Crippen molar-refractivity contribution in [2.24, 2.45) is 5.73 Å². The first-order valence-corrected chi connectivity index (χ1v) is 6.55. The number of hydrogen-bond acceptors (Lipinski definition) is 4. The summed E-state index contributed by atoms with van der Waals surface area (Å²) in [6.07, 6.45) is 1.03. The van der Waals surface area contributed by atoms with E-state index in [0.29, 0.717) is 17.3 Å². The SMILES string of the molecule is CC(C)N(C)CCCNc1ccc(N)c(C(N)=O)c1. The van der Waals surface area contributed by atoms with Gasteiger partial charge in [-0.3, -0.25) is 4.79 Å². The minimum Gasteiger partial charge on any atom is -0.398 e. The van der Waals surface area contributed by atoms with Crippen LogP contribution in [0.25, 0.3) is 0 Å². The second-order valence-electron chi connectivity index (χ2n) is 5.02. The molecule has 0 aromatic heterocycles. The van der Waals surface area contributed by atoms with Crippen LogP contribution in [-0.2, 0) is 0 Å². The number of nitrogens with one attached hydrogen (secondary N) is 1. The molecule has 0 heterocycles. The fraction of sp³-hybridized carbons (Fsp3) is 0.500. The minimum absolute atomic E-state index is 0.365. The molecule has 0 saturated carbocycles. The van der Waals surface area contributed by atoms with Crippen LogP contribution in [0.2, 0.25) is 0 Å². The van der Waals surface area contributed by atoms with Gasteiger partial charge < -0.3 is 21.7 Å². The maximum Gasteiger partial charge on any atom is 0.250 e. The zero-order valence-electron chi connectivity index (χ0n) is 11.9. The van der Waals surface area contributed by atoms with Crippen molar-refractivity contribution >= 4 is 17.3 Å². The molecule has 1 rings (SSSR count). The average Bonchev–Trinajstić information content (AvgIpc) is 2.35. The molecule has 0 saturated heterocycles.